The maximum absolute atomic E-state index is 5.58. The average molecular weight is 698 g/mol. The Morgan fingerprint density at radius 1 is 0.604 bits per heavy atom. The molecule has 3 heterocycles. The first-order chi connectivity index (χ1) is 26.0. The van der Waals surface area contributed by atoms with Crippen LogP contribution in [-0.4, -0.2) is 14.5 Å². The summed E-state index contributed by atoms with van der Waals surface area (Å²) in [5, 5.41) is 4.97. The molecule has 2 aliphatic carbocycles. The monoisotopic (exact) mass is 697 g/mol. The van der Waals surface area contributed by atoms with Crippen molar-refractivity contribution in [2.24, 2.45) is 0 Å². The first-order valence-corrected chi connectivity index (χ1v) is 19.3. The van der Waals surface area contributed by atoms with Gasteiger partial charge >= 0.3 is 0 Å². The molecule has 0 saturated heterocycles. The second-order valence-electron chi connectivity index (χ2n) is 14.9. The minimum absolute atomic E-state index is 0.134. The molecule has 0 spiro atoms. The molecular formula is C49H35N3S. The van der Waals surface area contributed by atoms with Crippen molar-refractivity contribution in [3.05, 3.63) is 168 Å². The van der Waals surface area contributed by atoms with Gasteiger partial charge in [0.25, 0.3) is 0 Å². The number of aromatic nitrogens is 3. The highest BCUT2D eigenvalue weighted by Gasteiger charge is 2.39. The fraction of sp³-hybridized carbons (Fsp3) is 0.102. The number of rotatable bonds is 4. The Kier molecular flexibility index (Phi) is 6.59. The van der Waals surface area contributed by atoms with Gasteiger partial charge in [-0.2, -0.15) is 0 Å². The summed E-state index contributed by atoms with van der Waals surface area (Å²) in [6.07, 6.45) is 6.86. The SMILES string of the molecule is CC1(C)C2=C(CCC=C2)c2cccc(-c3cc(-c4ccccc4)nc(-c4cc(-n5c6ccccc6c6ccccc65)cc5c4sc4ccccc45)n3)c21. The van der Waals surface area contributed by atoms with Crippen LogP contribution in [0.3, 0.4) is 0 Å². The highest BCUT2D eigenvalue weighted by atomic mass is 32.1. The van der Waals surface area contributed by atoms with Crippen LogP contribution < -0.4 is 0 Å². The number of thiophene rings is 1. The molecule has 6 aromatic carbocycles. The van der Waals surface area contributed by atoms with Gasteiger partial charge in [-0.05, 0) is 71.5 Å². The first kappa shape index (κ1) is 30.5. The van der Waals surface area contributed by atoms with Crippen molar-refractivity contribution in [3.8, 4) is 39.6 Å². The molecular weight excluding hydrogens is 663 g/mol. The zero-order valence-corrected chi connectivity index (χ0v) is 30.4. The van der Waals surface area contributed by atoms with Crippen LogP contribution in [0.1, 0.15) is 37.8 Å². The molecule has 4 heteroatoms. The van der Waals surface area contributed by atoms with E-state index >= 15 is 0 Å². The van der Waals surface area contributed by atoms with Crippen LogP contribution in [0.15, 0.2) is 157 Å². The quantitative estimate of drug-likeness (QED) is 0.183. The maximum atomic E-state index is 5.58. The lowest BCUT2D eigenvalue weighted by Crippen LogP contribution is -2.18. The van der Waals surface area contributed by atoms with Crippen LogP contribution >= 0.6 is 11.3 Å². The second kappa shape index (κ2) is 11.4. The second-order valence-corrected chi connectivity index (χ2v) is 15.9. The molecule has 0 aliphatic heterocycles. The lowest BCUT2D eigenvalue weighted by molar-refractivity contribution is 0.652. The molecule has 11 rings (SSSR count). The largest absolute Gasteiger partial charge is 0.309 e. The summed E-state index contributed by atoms with van der Waals surface area (Å²) in [7, 11) is 0. The van der Waals surface area contributed by atoms with E-state index in [9.17, 15) is 0 Å². The highest BCUT2D eigenvalue weighted by molar-refractivity contribution is 7.26. The van der Waals surface area contributed by atoms with Gasteiger partial charge in [0, 0.05) is 58.7 Å². The smallest absolute Gasteiger partial charge is 0.161 e. The molecule has 9 aromatic rings. The predicted molar refractivity (Wildman–Crippen MR) is 224 cm³/mol. The Morgan fingerprint density at radius 2 is 1.28 bits per heavy atom. The fourth-order valence-electron chi connectivity index (χ4n) is 9.12. The summed E-state index contributed by atoms with van der Waals surface area (Å²) in [6.45, 7) is 4.76. The Balaban J connectivity index is 1.22. The summed E-state index contributed by atoms with van der Waals surface area (Å²) < 4.78 is 4.88. The van der Waals surface area contributed by atoms with Gasteiger partial charge in [0.15, 0.2) is 5.82 Å². The molecule has 0 fully saturated rings. The van der Waals surface area contributed by atoms with Crippen molar-refractivity contribution in [3.63, 3.8) is 0 Å². The van der Waals surface area contributed by atoms with Crippen LogP contribution in [0.2, 0.25) is 0 Å². The maximum Gasteiger partial charge on any atom is 0.161 e. The van der Waals surface area contributed by atoms with Gasteiger partial charge in [0.05, 0.1) is 22.4 Å². The molecule has 3 nitrogen and oxygen atoms in total. The van der Waals surface area contributed by atoms with E-state index in [0.29, 0.717) is 0 Å². The van der Waals surface area contributed by atoms with Crippen molar-refractivity contribution < 1.29 is 0 Å². The minimum atomic E-state index is -0.134. The number of hydrogen-bond acceptors (Lipinski definition) is 3. The first-order valence-electron chi connectivity index (χ1n) is 18.5. The van der Waals surface area contributed by atoms with E-state index in [1.54, 1.807) is 0 Å². The molecule has 0 unspecified atom stereocenters. The van der Waals surface area contributed by atoms with Crippen LogP contribution in [-0.2, 0) is 5.41 Å². The summed E-state index contributed by atoms with van der Waals surface area (Å²) in [5.74, 6) is 0.742. The molecule has 2 aliphatic rings. The molecule has 0 N–H and O–H groups in total. The third-order valence-corrected chi connectivity index (χ3v) is 12.7. The highest BCUT2D eigenvalue weighted by Crippen LogP contribution is 2.53. The van der Waals surface area contributed by atoms with Gasteiger partial charge < -0.3 is 4.57 Å². The number of fused-ring (bicyclic) bond motifs is 8. The number of para-hydroxylation sites is 2. The average Bonchev–Trinajstić information content (AvgIpc) is 3.83. The van der Waals surface area contributed by atoms with Crippen molar-refractivity contribution in [2.75, 3.05) is 0 Å². The van der Waals surface area contributed by atoms with Gasteiger partial charge in [-0.1, -0.05) is 129 Å². The molecule has 53 heavy (non-hydrogen) atoms. The van der Waals surface area contributed by atoms with Crippen molar-refractivity contribution >= 4 is 58.9 Å². The minimum Gasteiger partial charge on any atom is -0.309 e. The van der Waals surface area contributed by atoms with E-state index < -0.39 is 0 Å². The van der Waals surface area contributed by atoms with E-state index in [1.807, 2.05) is 11.3 Å². The summed E-state index contributed by atoms with van der Waals surface area (Å²) in [4.78, 5) is 11.0. The molecule has 0 amide bonds. The number of nitrogens with zero attached hydrogens (tertiary/aromatic N) is 3. The van der Waals surface area contributed by atoms with Crippen LogP contribution in [0, 0.1) is 0 Å². The molecule has 252 valence electrons. The van der Waals surface area contributed by atoms with E-state index in [-0.39, 0.29) is 5.41 Å². The number of allylic oxidation sites excluding steroid dienone is 4. The van der Waals surface area contributed by atoms with Gasteiger partial charge in [-0.15, -0.1) is 11.3 Å². The molecule has 3 aromatic heterocycles. The topological polar surface area (TPSA) is 30.7 Å². The predicted octanol–water partition coefficient (Wildman–Crippen LogP) is 13.3. The lowest BCUT2D eigenvalue weighted by atomic mass is 9.77. The van der Waals surface area contributed by atoms with Gasteiger partial charge in [0.1, 0.15) is 0 Å². The third kappa shape index (κ3) is 4.52. The van der Waals surface area contributed by atoms with Crippen molar-refractivity contribution in [2.45, 2.75) is 32.1 Å². The number of hydrogen-bond donors (Lipinski definition) is 0. The standard InChI is InChI=1S/C49H35N3S/c1-49(2)40-23-10-6-17-32(40)36-21-14-22-37(46(36)49)42-29-41(30-15-4-3-5-16-30)50-48(51-42)39-28-31(27-38-35-20-9-13-26-45(35)53-47(38)39)52-43-24-11-7-18-33(43)34-19-8-12-25-44(34)52/h3-5,7-16,18-29H,6,17H2,1-2H3. The summed E-state index contributed by atoms with van der Waals surface area (Å²) in [5.41, 5.74) is 14.2. The zero-order chi connectivity index (χ0) is 35.3. The van der Waals surface area contributed by atoms with Gasteiger partial charge in [0.2, 0.25) is 0 Å². The van der Waals surface area contributed by atoms with Crippen LogP contribution in [0.25, 0.3) is 87.1 Å². The lowest BCUT2D eigenvalue weighted by Gasteiger charge is -2.26. The normalized spacial score (nSPS) is 14.8. The van der Waals surface area contributed by atoms with E-state index in [1.165, 1.54) is 69.8 Å². The van der Waals surface area contributed by atoms with Crippen molar-refractivity contribution in [1.29, 1.82) is 0 Å². The fourth-order valence-corrected chi connectivity index (χ4v) is 10.3. The Bertz CT molecular complexity index is 2980. The molecule has 0 saturated carbocycles. The van der Waals surface area contributed by atoms with Crippen molar-refractivity contribution in [1.82, 2.24) is 14.5 Å². The third-order valence-electron chi connectivity index (χ3n) is 11.5. The molecule has 0 radical (unpaired) electrons. The Labute approximate surface area is 312 Å². The van der Waals surface area contributed by atoms with E-state index in [2.05, 4.69) is 170 Å². The van der Waals surface area contributed by atoms with E-state index in [0.717, 1.165) is 46.9 Å². The van der Waals surface area contributed by atoms with Gasteiger partial charge in [-0.25, -0.2) is 9.97 Å². The number of benzene rings is 6. The Hall–Kier alpha value is -6.10. The molecule has 0 bridgehead atoms. The zero-order valence-electron chi connectivity index (χ0n) is 29.6. The van der Waals surface area contributed by atoms with Crippen LogP contribution in [0.4, 0.5) is 0 Å². The van der Waals surface area contributed by atoms with Crippen LogP contribution in [0.5, 0.6) is 0 Å². The molecule has 0 atom stereocenters. The van der Waals surface area contributed by atoms with E-state index in [4.69, 9.17) is 9.97 Å². The Morgan fingerprint density at radius 3 is 2.08 bits per heavy atom. The summed E-state index contributed by atoms with van der Waals surface area (Å²) in [6, 6.07) is 50.5. The summed E-state index contributed by atoms with van der Waals surface area (Å²) >= 11 is 1.83. The van der Waals surface area contributed by atoms with Gasteiger partial charge in [-0.3, -0.25) is 0 Å².